The maximum atomic E-state index is 12.2. The number of methoxy groups -OCH3 is 1. The van der Waals surface area contributed by atoms with Crippen LogP contribution in [0.1, 0.15) is 22.8 Å². The number of para-hydroxylation sites is 2. The average Bonchev–Trinajstić information content (AvgIpc) is 2.50. The zero-order valence-electron chi connectivity index (χ0n) is 12.2. The predicted molar refractivity (Wildman–Crippen MR) is 79.7 cm³/mol. The van der Waals surface area contributed by atoms with Gasteiger partial charge in [0.1, 0.15) is 0 Å². The van der Waals surface area contributed by atoms with E-state index in [4.69, 9.17) is 14.2 Å². The normalized spacial score (nSPS) is 10.2. The number of ether oxygens (including phenoxy) is 3. The highest BCUT2D eigenvalue weighted by atomic mass is 16.6. The Hall–Kier alpha value is -2.33. The first kappa shape index (κ1) is 15.1. The van der Waals surface area contributed by atoms with E-state index < -0.39 is 5.97 Å². The van der Waals surface area contributed by atoms with Crippen LogP contribution in [0.3, 0.4) is 0 Å². The number of carbonyl (C=O) groups is 1. The van der Waals surface area contributed by atoms with Gasteiger partial charge in [0.15, 0.2) is 11.5 Å². The summed E-state index contributed by atoms with van der Waals surface area (Å²) >= 11 is 0. The van der Waals surface area contributed by atoms with E-state index in [1.807, 2.05) is 19.1 Å². The fraction of sp³-hybridized carbons (Fsp3) is 0.235. The van der Waals surface area contributed by atoms with E-state index in [-0.39, 0.29) is 0 Å². The Morgan fingerprint density at radius 1 is 1.05 bits per heavy atom. The Kier molecular flexibility index (Phi) is 5.35. The molecule has 0 aromatic heterocycles. The standard InChI is InChI=1S/C17H18O4/c1-3-20-15-9-4-5-10-16(15)21-17(18)14-8-6-7-13(11-14)12-19-2/h4-11H,3,12H2,1-2H3. The molecular formula is C17H18O4. The van der Waals surface area contributed by atoms with Gasteiger partial charge in [0.05, 0.1) is 18.8 Å². The third-order valence-corrected chi connectivity index (χ3v) is 2.83. The van der Waals surface area contributed by atoms with Gasteiger partial charge in [-0.15, -0.1) is 0 Å². The molecule has 110 valence electrons. The summed E-state index contributed by atoms with van der Waals surface area (Å²) in [6.45, 7) is 2.85. The summed E-state index contributed by atoms with van der Waals surface area (Å²) in [4.78, 5) is 12.2. The first-order valence-electron chi connectivity index (χ1n) is 6.76. The van der Waals surface area contributed by atoms with Crippen LogP contribution in [-0.4, -0.2) is 19.7 Å². The monoisotopic (exact) mass is 286 g/mol. The molecule has 0 aliphatic heterocycles. The molecule has 4 heteroatoms. The van der Waals surface area contributed by atoms with Gasteiger partial charge in [0.2, 0.25) is 0 Å². The van der Waals surface area contributed by atoms with Gasteiger partial charge >= 0.3 is 5.97 Å². The van der Waals surface area contributed by atoms with Gasteiger partial charge in [-0.1, -0.05) is 24.3 Å². The third kappa shape index (κ3) is 4.07. The second-order valence-corrected chi connectivity index (χ2v) is 4.40. The van der Waals surface area contributed by atoms with Crippen molar-refractivity contribution in [1.29, 1.82) is 0 Å². The number of esters is 1. The minimum absolute atomic E-state index is 0.417. The van der Waals surface area contributed by atoms with Crippen molar-refractivity contribution in [3.8, 4) is 11.5 Å². The third-order valence-electron chi connectivity index (χ3n) is 2.83. The van der Waals surface area contributed by atoms with Crippen LogP contribution >= 0.6 is 0 Å². The van der Waals surface area contributed by atoms with E-state index >= 15 is 0 Å². The van der Waals surface area contributed by atoms with E-state index in [1.165, 1.54) is 0 Å². The molecule has 0 bridgehead atoms. The van der Waals surface area contributed by atoms with Crippen LogP contribution in [0, 0.1) is 0 Å². The molecule has 0 spiro atoms. The number of hydrogen-bond donors (Lipinski definition) is 0. The maximum Gasteiger partial charge on any atom is 0.343 e. The molecule has 0 N–H and O–H groups in total. The Bertz CT molecular complexity index is 607. The lowest BCUT2D eigenvalue weighted by Crippen LogP contribution is -2.10. The molecule has 21 heavy (non-hydrogen) atoms. The molecule has 4 nitrogen and oxygen atoms in total. The molecule has 0 aliphatic carbocycles. The van der Waals surface area contributed by atoms with Crippen LogP contribution in [0.15, 0.2) is 48.5 Å². The molecule has 0 aliphatic rings. The van der Waals surface area contributed by atoms with Crippen LogP contribution in [0.4, 0.5) is 0 Å². The fourth-order valence-electron chi connectivity index (χ4n) is 1.92. The first-order chi connectivity index (χ1) is 10.2. The van der Waals surface area contributed by atoms with Gasteiger partial charge in [-0.2, -0.15) is 0 Å². The molecule has 0 fully saturated rings. The number of carbonyl (C=O) groups excluding carboxylic acids is 1. The van der Waals surface area contributed by atoms with Crippen molar-refractivity contribution in [2.45, 2.75) is 13.5 Å². The molecule has 2 rings (SSSR count). The van der Waals surface area contributed by atoms with Crippen molar-refractivity contribution < 1.29 is 19.0 Å². The zero-order valence-corrected chi connectivity index (χ0v) is 12.2. The van der Waals surface area contributed by atoms with Gasteiger partial charge in [0, 0.05) is 7.11 Å². The largest absolute Gasteiger partial charge is 0.490 e. The van der Waals surface area contributed by atoms with E-state index in [9.17, 15) is 4.79 Å². The predicted octanol–water partition coefficient (Wildman–Crippen LogP) is 3.45. The summed E-state index contributed by atoms with van der Waals surface area (Å²) < 4.78 is 15.9. The minimum atomic E-state index is -0.417. The molecule has 2 aromatic rings. The van der Waals surface area contributed by atoms with E-state index in [0.29, 0.717) is 30.3 Å². The van der Waals surface area contributed by atoms with Crippen molar-refractivity contribution in [3.63, 3.8) is 0 Å². The summed E-state index contributed by atoms with van der Waals surface area (Å²) in [6, 6.07) is 14.3. The Morgan fingerprint density at radius 2 is 1.81 bits per heavy atom. The topological polar surface area (TPSA) is 44.8 Å². The Labute approximate surface area is 124 Å². The van der Waals surface area contributed by atoms with Crippen molar-refractivity contribution in [2.24, 2.45) is 0 Å². The second-order valence-electron chi connectivity index (χ2n) is 4.40. The van der Waals surface area contributed by atoms with Gasteiger partial charge < -0.3 is 14.2 Å². The quantitative estimate of drug-likeness (QED) is 0.602. The summed E-state index contributed by atoms with van der Waals surface area (Å²) in [6.07, 6.45) is 0. The van der Waals surface area contributed by atoms with E-state index in [1.54, 1.807) is 43.5 Å². The SMILES string of the molecule is CCOc1ccccc1OC(=O)c1cccc(COC)c1. The van der Waals surface area contributed by atoms with Crippen LogP contribution in [0.2, 0.25) is 0 Å². The van der Waals surface area contributed by atoms with Gasteiger partial charge in [0.25, 0.3) is 0 Å². The molecule has 0 saturated carbocycles. The van der Waals surface area contributed by atoms with Crippen LogP contribution in [0.25, 0.3) is 0 Å². The molecule has 0 saturated heterocycles. The van der Waals surface area contributed by atoms with E-state index in [0.717, 1.165) is 5.56 Å². The number of rotatable bonds is 6. The van der Waals surface area contributed by atoms with Crippen molar-refractivity contribution in [3.05, 3.63) is 59.7 Å². The minimum Gasteiger partial charge on any atom is -0.490 e. The van der Waals surface area contributed by atoms with Gasteiger partial charge in [-0.25, -0.2) is 4.79 Å². The lowest BCUT2D eigenvalue weighted by atomic mass is 10.1. The smallest absolute Gasteiger partial charge is 0.343 e. The van der Waals surface area contributed by atoms with Crippen molar-refractivity contribution in [2.75, 3.05) is 13.7 Å². The average molecular weight is 286 g/mol. The van der Waals surface area contributed by atoms with E-state index in [2.05, 4.69) is 0 Å². The highest BCUT2D eigenvalue weighted by Crippen LogP contribution is 2.27. The van der Waals surface area contributed by atoms with Crippen LogP contribution in [-0.2, 0) is 11.3 Å². The molecular weight excluding hydrogens is 268 g/mol. The summed E-state index contributed by atoms with van der Waals surface area (Å²) in [5, 5.41) is 0. The molecule has 0 radical (unpaired) electrons. The lowest BCUT2D eigenvalue weighted by Gasteiger charge is -2.10. The second kappa shape index (κ2) is 7.45. The molecule has 0 atom stereocenters. The lowest BCUT2D eigenvalue weighted by molar-refractivity contribution is 0.0728. The van der Waals surface area contributed by atoms with Crippen LogP contribution in [0.5, 0.6) is 11.5 Å². The van der Waals surface area contributed by atoms with Gasteiger partial charge in [-0.05, 0) is 36.8 Å². The number of hydrogen-bond acceptors (Lipinski definition) is 4. The molecule has 2 aromatic carbocycles. The Balaban J connectivity index is 2.16. The fourth-order valence-corrected chi connectivity index (χ4v) is 1.92. The maximum absolute atomic E-state index is 12.2. The molecule has 0 amide bonds. The van der Waals surface area contributed by atoms with Gasteiger partial charge in [-0.3, -0.25) is 0 Å². The van der Waals surface area contributed by atoms with Crippen LogP contribution < -0.4 is 9.47 Å². The summed E-state index contributed by atoms with van der Waals surface area (Å²) in [7, 11) is 1.61. The highest BCUT2D eigenvalue weighted by molar-refractivity contribution is 5.91. The molecule has 0 heterocycles. The first-order valence-corrected chi connectivity index (χ1v) is 6.76. The highest BCUT2D eigenvalue weighted by Gasteiger charge is 2.12. The summed E-state index contributed by atoms with van der Waals surface area (Å²) in [5.41, 5.74) is 1.40. The van der Waals surface area contributed by atoms with Crippen molar-refractivity contribution >= 4 is 5.97 Å². The van der Waals surface area contributed by atoms with Crippen molar-refractivity contribution in [1.82, 2.24) is 0 Å². The molecule has 0 unspecified atom stereocenters. The summed E-state index contributed by atoms with van der Waals surface area (Å²) in [5.74, 6) is 0.558. The zero-order chi connectivity index (χ0) is 15.1. The Morgan fingerprint density at radius 3 is 2.52 bits per heavy atom. The number of benzene rings is 2.